The summed E-state index contributed by atoms with van der Waals surface area (Å²) in [5.74, 6) is -2.61. The summed E-state index contributed by atoms with van der Waals surface area (Å²) in [6.45, 7) is 2.94. The lowest BCUT2D eigenvalue weighted by Gasteiger charge is -2.15. The molecule has 1 amide bonds. The summed E-state index contributed by atoms with van der Waals surface area (Å²) in [5.41, 5.74) is -0.398. The molecule has 2 N–H and O–H groups in total. The minimum Gasteiger partial charge on any atom is -0.394 e. The van der Waals surface area contributed by atoms with Gasteiger partial charge in [0, 0.05) is 0 Å². The number of aliphatic hydroxyl groups excluding tert-OH is 1. The van der Waals surface area contributed by atoms with Crippen molar-refractivity contribution in [2.24, 2.45) is 0 Å². The van der Waals surface area contributed by atoms with Crippen LogP contribution in [0.15, 0.2) is 12.1 Å². The van der Waals surface area contributed by atoms with Crippen molar-refractivity contribution < 1.29 is 18.7 Å². The van der Waals surface area contributed by atoms with Crippen LogP contribution in [0.3, 0.4) is 0 Å². The van der Waals surface area contributed by atoms with Gasteiger partial charge in [-0.1, -0.05) is 13.0 Å². The van der Waals surface area contributed by atoms with E-state index in [9.17, 15) is 13.6 Å². The molecule has 0 saturated carbocycles. The van der Waals surface area contributed by atoms with Crippen LogP contribution in [0, 0.1) is 18.6 Å². The Morgan fingerprint density at radius 2 is 2.12 bits per heavy atom. The third-order valence-corrected chi connectivity index (χ3v) is 2.56. The lowest BCUT2D eigenvalue weighted by atomic mass is 10.1. The highest BCUT2D eigenvalue weighted by Gasteiger charge is 2.20. The van der Waals surface area contributed by atoms with Gasteiger partial charge in [0.2, 0.25) is 0 Å². The summed E-state index contributed by atoms with van der Waals surface area (Å²) >= 11 is 0. The molecule has 0 bridgehead atoms. The van der Waals surface area contributed by atoms with E-state index >= 15 is 0 Å². The summed E-state index contributed by atoms with van der Waals surface area (Å²) in [7, 11) is 0. The van der Waals surface area contributed by atoms with E-state index in [1.807, 2.05) is 0 Å². The predicted octanol–water partition coefficient (Wildman–Crippen LogP) is 1.77. The van der Waals surface area contributed by atoms with Crippen molar-refractivity contribution in [2.75, 3.05) is 6.61 Å². The minimum atomic E-state index is -0.904. The van der Waals surface area contributed by atoms with E-state index in [2.05, 4.69) is 5.32 Å². The average molecular weight is 243 g/mol. The van der Waals surface area contributed by atoms with E-state index in [4.69, 9.17) is 5.11 Å². The maximum absolute atomic E-state index is 13.6. The second-order valence-corrected chi connectivity index (χ2v) is 3.81. The molecule has 1 rings (SSSR count). The first-order valence-electron chi connectivity index (χ1n) is 5.37. The van der Waals surface area contributed by atoms with Gasteiger partial charge in [-0.05, 0) is 25.0 Å². The summed E-state index contributed by atoms with van der Waals surface area (Å²) in [5, 5.41) is 11.3. The van der Waals surface area contributed by atoms with Crippen LogP contribution >= 0.6 is 0 Å². The molecule has 0 aliphatic rings. The van der Waals surface area contributed by atoms with Gasteiger partial charge in [0.05, 0.1) is 12.6 Å². The first-order chi connectivity index (χ1) is 8.01. The molecule has 0 fully saturated rings. The average Bonchev–Trinajstić information content (AvgIpc) is 2.31. The molecule has 0 aliphatic heterocycles. The number of rotatable bonds is 4. The fourth-order valence-corrected chi connectivity index (χ4v) is 1.40. The van der Waals surface area contributed by atoms with Gasteiger partial charge in [0.25, 0.3) is 5.91 Å². The lowest BCUT2D eigenvalue weighted by molar-refractivity contribution is 0.0906. The molecule has 0 unspecified atom stereocenters. The van der Waals surface area contributed by atoms with Crippen LogP contribution in [-0.2, 0) is 0 Å². The number of carbonyl (C=O) groups excluding carboxylic acids is 1. The van der Waals surface area contributed by atoms with Gasteiger partial charge in [-0.25, -0.2) is 8.78 Å². The normalized spacial score (nSPS) is 12.3. The van der Waals surface area contributed by atoms with Crippen LogP contribution in [0.2, 0.25) is 0 Å². The number of halogens is 2. The van der Waals surface area contributed by atoms with Crippen molar-refractivity contribution in [3.63, 3.8) is 0 Å². The van der Waals surface area contributed by atoms with Crippen molar-refractivity contribution in [1.29, 1.82) is 0 Å². The highest BCUT2D eigenvalue weighted by atomic mass is 19.1. The number of hydrogen-bond acceptors (Lipinski definition) is 2. The Hall–Kier alpha value is -1.49. The molecule has 0 spiro atoms. The van der Waals surface area contributed by atoms with Gasteiger partial charge < -0.3 is 10.4 Å². The summed E-state index contributed by atoms with van der Waals surface area (Å²) in [4.78, 5) is 11.7. The zero-order chi connectivity index (χ0) is 13.0. The zero-order valence-corrected chi connectivity index (χ0v) is 9.76. The molecule has 94 valence electrons. The van der Waals surface area contributed by atoms with E-state index in [0.717, 1.165) is 6.07 Å². The third-order valence-electron chi connectivity index (χ3n) is 2.56. The van der Waals surface area contributed by atoms with Gasteiger partial charge in [-0.15, -0.1) is 0 Å². The van der Waals surface area contributed by atoms with Gasteiger partial charge in [-0.2, -0.15) is 0 Å². The first kappa shape index (κ1) is 13.6. The molecule has 0 aliphatic carbocycles. The second-order valence-electron chi connectivity index (χ2n) is 3.81. The fraction of sp³-hybridized carbons (Fsp3) is 0.417. The summed E-state index contributed by atoms with van der Waals surface area (Å²) < 4.78 is 27.0. The van der Waals surface area contributed by atoms with Crippen LogP contribution in [0.1, 0.15) is 29.3 Å². The SMILES string of the molecule is CC[C@H](CO)NC(=O)c1c(F)ccc(C)c1F. The van der Waals surface area contributed by atoms with Crippen molar-refractivity contribution in [3.05, 3.63) is 34.9 Å². The van der Waals surface area contributed by atoms with Crippen molar-refractivity contribution in [3.8, 4) is 0 Å². The van der Waals surface area contributed by atoms with Gasteiger partial charge >= 0.3 is 0 Å². The van der Waals surface area contributed by atoms with E-state index in [-0.39, 0.29) is 12.2 Å². The Balaban J connectivity index is 3.00. The van der Waals surface area contributed by atoms with Gasteiger partial charge in [0.1, 0.15) is 17.2 Å². The molecule has 1 aromatic carbocycles. The number of benzene rings is 1. The Bertz CT molecular complexity index is 417. The highest BCUT2D eigenvalue weighted by Crippen LogP contribution is 2.16. The molecule has 0 heterocycles. The maximum atomic E-state index is 13.6. The molecule has 1 atom stereocenters. The van der Waals surface area contributed by atoms with E-state index in [1.54, 1.807) is 6.92 Å². The van der Waals surface area contributed by atoms with Crippen molar-refractivity contribution >= 4 is 5.91 Å². The van der Waals surface area contributed by atoms with Crippen LogP contribution in [0.25, 0.3) is 0 Å². The molecule has 0 saturated heterocycles. The fourth-order valence-electron chi connectivity index (χ4n) is 1.40. The van der Waals surface area contributed by atoms with Crippen LogP contribution < -0.4 is 5.32 Å². The number of amides is 1. The monoisotopic (exact) mass is 243 g/mol. The second kappa shape index (κ2) is 5.72. The third kappa shape index (κ3) is 3.00. The largest absolute Gasteiger partial charge is 0.394 e. The molecule has 0 aromatic heterocycles. The van der Waals surface area contributed by atoms with E-state index < -0.39 is 29.1 Å². The minimum absolute atomic E-state index is 0.202. The number of carbonyl (C=O) groups is 1. The van der Waals surface area contributed by atoms with Crippen molar-refractivity contribution in [1.82, 2.24) is 5.32 Å². The lowest BCUT2D eigenvalue weighted by Crippen LogP contribution is -2.37. The molecular formula is C12H15F2NO2. The standard InChI is InChI=1S/C12H15F2NO2/c1-3-8(6-16)15-12(17)10-9(13)5-4-7(2)11(10)14/h4-5,8,16H,3,6H2,1-2H3,(H,15,17)/t8-/m1/s1. The molecular weight excluding hydrogens is 228 g/mol. The Labute approximate surface area is 98.5 Å². The van der Waals surface area contributed by atoms with E-state index in [1.165, 1.54) is 13.0 Å². The number of aryl methyl sites for hydroxylation is 1. The Morgan fingerprint density at radius 3 is 2.65 bits per heavy atom. The number of aliphatic hydroxyl groups is 1. The molecule has 0 radical (unpaired) electrons. The van der Waals surface area contributed by atoms with Crippen molar-refractivity contribution in [2.45, 2.75) is 26.3 Å². The first-order valence-corrected chi connectivity index (χ1v) is 5.37. The Morgan fingerprint density at radius 1 is 1.47 bits per heavy atom. The number of hydrogen-bond donors (Lipinski definition) is 2. The van der Waals surface area contributed by atoms with E-state index in [0.29, 0.717) is 6.42 Å². The topological polar surface area (TPSA) is 49.3 Å². The highest BCUT2D eigenvalue weighted by molar-refractivity contribution is 5.95. The van der Waals surface area contributed by atoms with Crippen LogP contribution in [0.5, 0.6) is 0 Å². The molecule has 1 aromatic rings. The Kier molecular flexibility index (Phi) is 4.57. The summed E-state index contributed by atoms with van der Waals surface area (Å²) in [6, 6.07) is 1.82. The molecule has 3 nitrogen and oxygen atoms in total. The van der Waals surface area contributed by atoms with Gasteiger partial charge in [0.15, 0.2) is 0 Å². The van der Waals surface area contributed by atoms with Crippen LogP contribution in [0.4, 0.5) is 8.78 Å². The quantitative estimate of drug-likeness (QED) is 0.846. The smallest absolute Gasteiger partial charge is 0.257 e. The molecule has 5 heteroatoms. The predicted molar refractivity (Wildman–Crippen MR) is 59.7 cm³/mol. The summed E-state index contributed by atoms with van der Waals surface area (Å²) in [6.07, 6.45) is 0.483. The zero-order valence-electron chi connectivity index (χ0n) is 9.76. The molecule has 17 heavy (non-hydrogen) atoms. The number of nitrogens with one attached hydrogen (secondary N) is 1. The van der Waals surface area contributed by atoms with Gasteiger partial charge in [-0.3, -0.25) is 4.79 Å². The van der Waals surface area contributed by atoms with Crippen LogP contribution in [-0.4, -0.2) is 23.7 Å². The maximum Gasteiger partial charge on any atom is 0.257 e.